The Labute approximate surface area is 192 Å². The number of nitrogens with zero attached hydrogens (tertiary/aromatic N) is 1. The first-order valence-electron chi connectivity index (χ1n) is 9.58. The first-order valence-corrected chi connectivity index (χ1v) is 11.7. The highest BCUT2D eigenvalue weighted by atomic mass is 35.5. The van der Waals surface area contributed by atoms with Gasteiger partial charge < -0.3 is 15.2 Å². The smallest absolute Gasteiger partial charge is 0.335 e. The molecule has 0 aromatic heterocycles. The molecule has 1 aliphatic rings. The summed E-state index contributed by atoms with van der Waals surface area (Å²) >= 11 is 12.0. The molecule has 7 nitrogen and oxygen atoms in total. The molecule has 0 bridgehead atoms. The third-order valence-corrected chi connectivity index (χ3v) is 6.83. The highest BCUT2D eigenvalue weighted by molar-refractivity contribution is 7.85. The van der Waals surface area contributed by atoms with Crippen LogP contribution in [0.2, 0.25) is 10.0 Å². The number of carboxylic acid groups (broad SMARTS) is 1. The number of ether oxygens (including phenoxy) is 1. The molecule has 1 heterocycles. The SMILES string of the molecule is O=C(CS(=O)c1ccc(C(=O)O)cc1)NC[C@H]1CN(Cc2ccc(Cl)c(Cl)c2)CCO1. The molecule has 0 radical (unpaired) electrons. The topological polar surface area (TPSA) is 95.9 Å². The van der Waals surface area contributed by atoms with E-state index in [1.807, 2.05) is 12.1 Å². The van der Waals surface area contributed by atoms with Crippen molar-refractivity contribution in [1.29, 1.82) is 0 Å². The predicted octanol–water partition coefficient (Wildman–Crippen LogP) is 2.82. The van der Waals surface area contributed by atoms with E-state index in [4.69, 9.17) is 33.0 Å². The summed E-state index contributed by atoms with van der Waals surface area (Å²) in [5, 5.41) is 12.7. The van der Waals surface area contributed by atoms with Gasteiger partial charge in [0.2, 0.25) is 5.91 Å². The van der Waals surface area contributed by atoms with Crippen LogP contribution < -0.4 is 5.32 Å². The van der Waals surface area contributed by atoms with Crippen molar-refractivity contribution in [2.75, 3.05) is 32.0 Å². The minimum absolute atomic E-state index is 0.102. The number of amides is 1. The average molecular weight is 485 g/mol. The summed E-state index contributed by atoms with van der Waals surface area (Å²) in [6, 6.07) is 11.2. The van der Waals surface area contributed by atoms with Crippen LogP contribution in [0.3, 0.4) is 0 Å². The lowest BCUT2D eigenvalue weighted by atomic mass is 10.2. The Hall–Kier alpha value is -1.97. The second kappa shape index (κ2) is 11.1. The first-order chi connectivity index (χ1) is 14.8. The highest BCUT2D eigenvalue weighted by Crippen LogP contribution is 2.23. The largest absolute Gasteiger partial charge is 0.478 e. The van der Waals surface area contributed by atoms with Gasteiger partial charge in [-0.2, -0.15) is 0 Å². The third kappa shape index (κ3) is 7.02. The van der Waals surface area contributed by atoms with Gasteiger partial charge in [-0.1, -0.05) is 29.3 Å². The maximum Gasteiger partial charge on any atom is 0.335 e. The summed E-state index contributed by atoms with van der Waals surface area (Å²) in [5.74, 6) is -1.62. The second-order valence-electron chi connectivity index (χ2n) is 7.10. The summed E-state index contributed by atoms with van der Waals surface area (Å²) in [7, 11) is -1.56. The molecule has 2 aromatic carbocycles. The van der Waals surface area contributed by atoms with Crippen molar-refractivity contribution >= 4 is 45.9 Å². The number of morpholine rings is 1. The third-order valence-electron chi connectivity index (χ3n) is 4.77. The molecular formula is C21H22Cl2N2O5S. The fourth-order valence-corrected chi connectivity index (χ4v) is 4.44. The average Bonchev–Trinajstić information content (AvgIpc) is 2.75. The summed E-state index contributed by atoms with van der Waals surface area (Å²) in [5.41, 5.74) is 1.15. The molecule has 3 rings (SSSR count). The van der Waals surface area contributed by atoms with Crippen molar-refractivity contribution in [1.82, 2.24) is 10.2 Å². The Morgan fingerprint density at radius 2 is 1.90 bits per heavy atom. The fraction of sp³-hybridized carbons (Fsp3) is 0.333. The Morgan fingerprint density at radius 3 is 2.58 bits per heavy atom. The van der Waals surface area contributed by atoms with Crippen LogP contribution in [0.25, 0.3) is 0 Å². The predicted molar refractivity (Wildman–Crippen MR) is 119 cm³/mol. The lowest BCUT2D eigenvalue weighted by Gasteiger charge is -2.33. The van der Waals surface area contributed by atoms with Crippen LogP contribution in [0.4, 0.5) is 0 Å². The Kier molecular flexibility index (Phi) is 8.45. The molecule has 1 aliphatic heterocycles. The van der Waals surface area contributed by atoms with Crippen molar-refractivity contribution in [2.24, 2.45) is 0 Å². The lowest BCUT2D eigenvalue weighted by molar-refractivity contribution is -0.119. The van der Waals surface area contributed by atoms with Gasteiger partial charge in [0.1, 0.15) is 5.75 Å². The molecule has 10 heteroatoms. The molecule has 0 saturated carbocycles. The molecule has 1 saturated heterocycles. The number of halogens is 2. The van der Waals surface area contributed by atoms with Crippen molar-refractivity contribution in [3.05, 3.63) is 63.6 Å². The van der Waals surface area contributed by atoms with E-state index in [1.165, 1.54) is 24.3 Å². The van der Waals surface area contributed by atoms with E-state index >= 15 is 0 Å². The molecular weight excluding hydrogens is 463 g/mol. The van der Waals surface area contributed by atoms with Gasteiger partial charge in [-0.3, -0.25) is 13.9 Å². The van der Waals surface area contributed by atoms with Gasteiger partial charge in [-0.15, -0.1) is 0 Å². The van der Waals surface area contributed by atoms with Crippen LogP contribution in [0.15, 0.2) is 47.4 Å². The number of rotatable bonds is 8. The molecule has 1 amide bonds. The molecule has 0 spiro atoms. The zero-order chi connectivity index (χ0) is 22.4. The second-order valence-corrected chi connectivity index (χ2v) is 9.37. The van der Waals surface area contributed by atoms with Gasteiger partial charge in [-0.25, -0.2) is 4.79 Å². The first kappa shape index (κ1) is 23.7. The molecule has 2 aromatic rings. The Balaban J connectivity index is 1.45. The van der Waals surface area contributed by atoms with E-state index < -0.39 is 16.8 Å². The molecule has 1 fully saturated rings. The van der Waals surface area contributed by atoms with E-state index in [2.05, 4.69) is 10.2 Å². The summed E-state index contributed by atoms with van der Waals surface area (Å²) < 4.78 is 18.1. The van der Waals surface area contributed by atoms with E-state index in [9.17, 15) is 13.8 Å². The van der Waals surface area contributed by atoms with Crippen LogP contribution in [0, 0.1) is 0 Å². The number of carboxylic acids is 1. The van der Waals surface area contributed by atoms with E-state index in [0.29, 0.717) is 41.2 Å². The quantitative estimate of drug-likeness (QED) is 0.597. The maximum absolute atomic E-state index is 12.3. The Bertz CT molecular complexity index is 971. The number of carbonyl (C=O) groups is 2. The van der Waals surface area contributed by atoms with Crippen LogP contribution in [0.5, 0.6) is 0 Å². The fourth-order valence-electron chi connectivity index (χ4n) is 3.17. The zero-order valence-electron chi connectivity index (χ0n) is 16.6. The molecule has 2 N–H and O–H groups in total. The van der Waals surface area contributed by atoms with Gasteiger partial charge in [0.25, 0.3) is 0 Å². The van der Waals surface area contributed by atoms with Crippen LogP contribution in [-0.2, 0) is 26.9 Å². The monoisotopic (exact) mass is 484 g/mol. The Morgan fingerprint density at radius 1 is 1.16 bits per heavy atom. The van der Waals surface area contributed by atoms with Crippen molar-refractivity contribution in [2.45, 2.75) is 17.5 Å². The van der Waals surface area contributed by atoms with Gasteiger partial charge >= 0.3 is 5.97 Å². The normalized spacial score (nSPS) is 17.8. The van der Waals surface area contributed by atoms with Crippen LogP contribution >= 0.6 is 23.2 Å². The minimum atomic E-state index is -1.56. The summed E-state index contributed by atoms with van der Waals surface area (Å²) in [6.07, 6.45) is -0.177. The van der Waals surface area contributed by atoms with E-state index in [0.717, 1.165) is 12.1 Å². The zero-order valence-corrected chi connectivity index (χ0v) is 18.9. The summed E-state index contributed by atoms with van der Waals surface area (Å²) in [4.78, 5) is 25.7. The van der Waals surface area contributed by atoms with Crippen molar-refractivity contribution in [3.63, 3.8) is 0 Å². The molecule has 31 heavy (non-hydrogen) atoms. The highest BCUT2D eigenvalue weighted by Gasteiger charge is 2.22. The van der Waals surface area contributed by atoms with Crippen molar-refractivity contribution < 1.29 is 23.6 Å². The lowest BCUT2D eigenvalue weighted by Crippen LogP contribution is -2.47. The number of nitrogens with one attached hydrogen (secondary N) is 1. The molecule has 2 atom stereocenters. The molecule has 166 valence electrons. The number of benzene rings is 2. The number of carbonyl (C=O) groups excluding carboxylic acids is 1. The number of aromatic carboxylic acids is 1. The minimum Gasteiger partial charge on any atom is -0.478 e. The van der Waals surface area contributed by atoms with Gasteiger partial charge in [-0.05, 0) is 42.0 Å². The molecule has 1 unspecified atom stereocenters. The van der Waals surface area contributed by atoms with Gasteiger partial charge in [0.05, 0.1) is 39.1 Å². The standard InChI is InChI=1S/C21H22Cl2N2O5S/c22-18-6-1-14(9-19(18)23)11-25-7-8-30-16(12-25)10-24-20(26)13-31(29)17-4-2-15(3-5-17)21(27)28/h1-6,9,16H,7-8,10-13H2,(H,24,26)(H,27,28)/t16-,31?/m0/s1. The number of hydrogen-bond donors (Lipinski definition) is 2. The molecule has 0 aliphatic carbocycles. The van der Waals surface area contributed by atoms with Gasteiger partial charge in [0.15, 0.2) is 0 Å². The van der Waals surface area contributed by atoms with Crippen LogP contribution in [0.1, 0.15) is 15.9 Å². The maximum atomic E-state index is 12.3. The number of hydrogen-bond acceptors (Lipinski definition) is 5. The van der Waals surface area contributed by atoms with Crippen molar-refractivity contribution in [3.8, 4) is 0 Å². The van der Waals surface area contributed by atoms with Gasteiger partial charge in [0, 0.05) is 31.1 Å². The summed E-state index contributed by atoms with van der Waals surface area (Å²) in [6.45, 7) is 2.96. The van der Waals surface area contributed by atoms with E-state index in [-0.39, 0.29) is 23.3 Å². The van der Waals surface area contributed by atoms with E-state index in [1.54, 1.807) is 6.07 Å². The van der Waals surface area contributed by atoms with Crippen LogP contribution in [-0.4, -0.2) is 64.2 Å².